The molecule has 2 heterocycles. The standard InChI is InChI=1S/C19H18N2O3S/c1-12-4-3-5-14(10-12)20-17(22)16-11-25-18(21(16)19(20)23)13-6-8-15(24-2)9-7-13/h3-10,16,18H,11H2,1-2H3. The normalized spacial score (nSPS) is 22.5. The number of rotatable bonds is 3. The second-order valence-electron chi connectivity index (χ2n) is 6.18. The van der Waals surface area contributed by atoms with Crippen molar-refractivity contribution in [2.24, 2.45) is 0 Å². The van der Waals surface area contributed by atoms with Crippen molar-refractivity contribution in [3.63, 3.8) is 0 Å². The molecular weight excluding hydrogens is 336 g/mol. The van der Waals surface area contributed by atoms with Crippen LogP contribution in [-0.4, -0.2) is 35.7 Å². The van der Waals surface area contributed by atoms with Crippen molar-refractivity contribution in [1.82, 2.24) is 4.90 Å². The van der Waals surface area contributed by atoms with E-state index in [1.807, 2.05) is 49.4 Å². The Balaban J connectivity index is 1.66. The molecule has 2 unspecified atom stereocenters. The summed E-state index contributed by atoms with van der Waals surface area (Å²) in [4.78, 5) is 28.8. The van der Waals surface area contributed by atoms with E-state index < -0.39 is 6.04 Å². The van der Waals surface area contributed by atoms with Crippen LogP contribution in [0.4, 0.5) is 10.5 Å². The van der Waals surface area contributed by atoms with E-state index in [4.69, 9.17) is 4.74 Å². The average Bonchev–Trinajstić information content (AvgIpc) is 3.16. The molecular formula is C19H18N2O3S. The van der Waals surface area contributed by atoms with Gasteiger partial charge in [0.2, 0.25) is 0 Å². The van der Waals surface area contributed by atoms with E-state index in [0.29, 0.717) is 11.4 Å². The lowest BCUT2D eigenvalue weighted by molar-refractivity contribution is -0.119. The zero-order valence-electron chi connectivity index (χ0n) is 14.0. The van der Waals surface area contributed by atoms with Gasteiger partial charge in [-0.05, 0) is 42.3 Å². The molecule has 2 aliphatic heterocycles. The highest BCUT2D eigenvalue weighted by Gasteiger charge is 2.53. The van der Waals surface area contributed by atoms with Crippen LogP contribution in [0.25, 0.3) is 0 Å². The third kappa shape index (κ3) is 2.57. The van der Waals surface area contributed by atoms with Gasteiger partial charge in [-0.25, -0.2) is 9.69 Å². The summed E-state index contributed by atoms with van der Waals surface area (Å²) in [5.41, 5.74) is 2.66. The molecule has 0 radical (unpaired) electrons. The minimum absolute atomic E-state index is 0.140. The van der Waals surface area contributed by atoms with Crippen LogP contribution in [0, 0.1) is 6.92 Å². The van der Waals surface area contributed by atoms with Crippen LogP contribution >= 0.6 is 11.8 Å². The van der Waals surface area contributed by atoms with Crippen molar-refractivity contribution < 1.29 is 14.3 Å². The summed E-state index contributed by atoms with van der Waals surface area (Å²) in [5.74, 6) is 1.25. The number of fused-ring (bicyclic) bond motifs is 1. The first kappa shape index (κ1) is 16.0. The molecule has 0 aliphatic carbocycles. The Bertz CT molecular complexity index is 837. The van der Waals surface area contributed by atoms with Crippen LogP contribution in [0.2, 0.25) is 0 Å². The van der Waals surface area contributed by atoms with Crippen LogP contribution < -0.4 is 9.64 Å². The van der Waals surface area contributed by atoms with Gasteiger partial charge < -0.3 is 4.74 Å². The van der Waals surface area contributed by atoms with Gasteiger partial charge in [0, 0.05) is 5.75 Å². The molecule has 128 valence electrons. The van der Waals surface area contributed by atoms with Gasteiger partial charge in [0.25, 0.3) is 5.91 Å². The number of ether oxygens (including phenoxy) is 1. The molecule has 0 spiro atoms. The molecule has 2 aliphatic rings. The highest BCUT2D eigenvalue weighted by molar-refractivity contribution is 7.99. The summed E-state index contributed by atoms with van der Waals surface area (Å²) in [6.07, 6.45) is 0. The minimum Gasteiger partial charge on any atom is -0.497 e. The highest BCUT2D eigenvalue weighted by Crippen LogP contribution is 2.46. The number of methoxy groups -OCH3 is 1. The predicted molar refractivity (Wildman–Crippen MR) is 97.9 cm³/mol. The van der Waals surface area contributed by atoms with E-state index >= 15 is 0 Å². The van der Waals surface area contributed by atoms with Crippen molar-refractivity contribution in [3.8, 4) is 5.75 Å². The summed E-state index contributed by atoms with van der Waals surface area (Å²) in [6, 6.07) is 14.5. The fourth-order valence-electron chi connectivity index (χ4n) is 3.32. The number of anilines is 1. The van der Waals surface area contributed by atoms with E-state index in [0.717, 1.165) is 16.9 Å². The Kier molecular flexibility index (Phi) is 3.92. The largest absolute Gasteiger partial charge is 0.497 e. The van der Waals surface area contributed by atoms with Crippen LogP contribution in [0.15, 0.2) is 48.5 Å². The lowest BCUT2D eigenvalue weighted by atomic mass is 10.2. The first-order chi connectivity index (χ1) is 12.1. The average molecular weight is 354 g/mol. The van der Waals surface area contributed by atoms with Crippen molar-refractivity contribution in [3.05, 3.63) is 59.7 Å². The highest BCUT2D eigenvalue weighted by atomic mass is 32.2. The first-order valence-corrected chi connectivity index (χ1v) is 9.13. The molecule has 5 nitrogen and oxygen atoms in total. The molecule has 2 aromatic carbocycles. The molecule has 0 bridgehead atoms. The molecule has 2 aromatic rings. The number of carbonyl (C=O) groups is 2. The maximum absolute atomic E-state index is 13.0. The molecule has 3 amide bonds. The van der Waals surface area contributed by atoms with Crippen molar-refractivity contribution >= 4 is 29.4 Å². The molecule has 2 fully saturated rings. The minimum atomic E-state index is -0.398. The van der Waals surface area contributed by atoms with Crippen molar-refractivity contribution in [2.45, 2.75) is 18.3 Å². The molecule has 2 atom stereocenters. The van der Waals surface area contributed by atoms with E-state index in [9.17, 15) is 9.59 Å². The Hall–Kier alpha value is -2.47. The maximum Gasteiger partial charge on any atom is 0.333 e. The third-order valence-corrected chi connectivity index (χ3v) is 5.90. The van der Waals surface area contributed by atoms with E-state index in [1.54, 1.807) is 29.8 Å². The van der Waals surface area contributed by atoms with Gasteiger partial charge in [0.1, 0.15) is 17.2 Å². The number of thioether (sulfide) groups is 1. The molecule has 6 heteroatoms. The number of hydrogen-bond donors (Lipinski definition) is 0. The fourth-order valence-corrected chi connectivity index (χ4v) is 4.73. The third-order valence-electron chi connectivity index (χ3n) is 4.58. The number of imide groups is 1. The number of aryl methyl sites for hydroxylation is 1. The second kappa shape index (κ2) is 6.11. The Labute approximate surface area is 150 Å². The van der Waals surface area contributed by atoms with Gasteiger partial charge in [0.05, 0.1) is 12.8 Å². The van der Waals surface area contributed by atoms with Gasteiger partial charge in [-0.1, -0.05) is 24.3 Å². The van der Waals surface area contributed by atoms with Gasteiger partial charge in [-0.3, -0.25) is 9.69 Å². The van der Waals surface area contributed by atoms with Crippen LogP contribution in [0.3, 0.4) is 0 Å². The maximum atomic E-state index is 13.0. The summed E-state index contributed by atoms with van der Waals surface area (Å²) in [6.45, 7) is 1.95. The van der Waals surface area contributed by atoms with Gasteiger partial charge in [-0.15, -0.1) is 11.8 Å². The number of urea groups is 1. The summed E-state index contributed by atoms with van der Waals surface area (Å²) >= 11 is 1.63. The Morgan fingerprint density at radius 2 is 1.88 bits per heavy atom. The summed E-state index contributed by atoms with van der Waals surface area (Å²) in [7, 11) is 1.62. The fraction of sp³-hybridized carbons (Fsp3) is 0.263. The van der Waals surface area contributed by atoms with E-state index in [-0.39, 0.29) is 17.3 Å². The van der Waals surface area contributed by atoms with Gasteiger partial charge in [-0.2, -0.15) is 0 Å². The number of carbonyl (C=O) groups excluding carboxylic acids is 2. The quantitative estimate of drug-likeness (QED) is 0.791. The number of nitrogens with zero attached hydrogens (tertiary/aromatic N) is 2. The Morgan fingerprint density at radius 3 is 2.56 bits per heavy atom. The number of amides is 3. The number of hydrogen-bond acceptors (Lipinski definition) is 4. The van der Waals surface area contributed by atoms with Crippen LogP contribution in [0.1, 0.15) is 16.5 Å². The topological polar surface area (TPSA) is 49.9 Å². The first-order valence-electron chi connectivity index (χ1n) is 8.08. The zero-order chi connectivity index (χ0) is 17.6. The molecule has 4 rings (SSSR count). The predicted octanol–water partition coefficient (Wildman–Crippen LogP) is 3.59. The van der Waals surface area contributed by atoms with E-state index in [2.05, 4.69) is 0 Å². The lowest BCUT2D eigenvalue weighted by Gasteiger charge is -2.23. The summed E-state index contributed by atoms with van der Waals surface area (Å²) in [5, 5.41) is -0.151. The molecule has 0 saturated carbocycles. The van der Waals surface area contributed by atoms with Crippen molar-refractivity contribution in [2.75, 3.05) is 17.8 Å². The SMILES string of the molecule is COc1ccc(C2SCC3C(=O)N(c4cccc(C)c4)C(=O)N32)cc1. The van der Waals surface area contributed by atoms with Gasteiger partial charge >= 0.3 is 6.03 Å². The lowest BCUT2D eigenvalue weighted by Crippen LogP contribution is -2.33. The van der Waals surface area contributed by atoms with Crippen molar-refractivity contribution in [1.29, 1.82) is 0 Å². The summed E-state index contributed by atoms with van der Waals surface area (Å²) < 4.78 is 5.19. The molecule has 0 aromatic heterocycles. The van der Waals surface area contributed by atoms with Crippen LogP contribution in [0.5, 0.6) is 5.75 Å². The molecule has 25 heavy (non-hydrogen) atoms. The smallest absolute Gasteiger partial charge is 0.333 e. The molecule has 0 N–H and O–H groups in total. The van der Waals surface area contributed by atoms with Gasteiger partial charge in [0.15, 0.2) is 0 Å². The van der Waals surface area contributed by atoms with Crippen LogP contribution in [-0.2, 0) is 4.79 Å². The monoisotopic (exact) mass is 354 g/mol. The second-order valence-corrected chi connectivity index (χ2v) is 7.29. The Morgan fingerprint density at radius 1 is 1.12 bits per heavy atom. The van der Waals surface area contributed by atoms with E-state index in [1.165, 1.54) is 4.90 Å². The number of benzene rings is 2. The zero-order valence-corrected chi connectivity index (χ0v) is 14.8. The molecule has 2 saturated heterocycles.